The molecule has 1 aliphatic rings. The number of aromatic nitrogens is 1. The van der Waals surface area contributed by atoms with Crippen LogP contribution < -0.4 is 5.32 Å². The van der Waals surface area contributed by atoms with Gasteiger partial charge in [-0.25, -0.2) is 18.2 Å². The monoisotopic (exact) mass is 551 g/mol. The third-order valence-electron chi connectivity index (χ3n) is 7.14. The number of quaternary nitrogens is 1. The van der Waals surface area contributed by atoms with Crippen LogP contribution in [0.1, 0.15) is 40.2 Å². The number of benzene rings is 3. The van der Waals surface area contributed by atoms with Crippen molar-refractivity contribution in [3.8, 4) is 11.1 Å². The van der Waals surface area contributed by atoms with Crippen LogP contribution in [-0.4, -0.2) is 28.6 Å². The van der Waals surface area contributed by atoms with Crippen LogP contribution in [0.25, 0.3) is 11.1 Å². The molecular weight excluding hydrogens is 527 g/mol. The quantitative estimate of drug-likeness (QED) is 0.154. The summed E-state index contributed by atoms with van der Waals surface area (Å²) in [6.45, 7) is 0.855. The summed E-state index contributed by atoms with van der Waals surface area (Å²) < 4.78 is 41.2. The Morgan fingerprint density at radius 3 is 2.18 bits per heavy atom. The van der Waals surface area contributed by atoms with Crippen LogP contribution in [0, 0.1) is 22.7 Å². The van der Waals surface area contributed by atoms with Gasteiger partial charge in [0.15, 0.2) is 11.6 Å². The maximum atomic E-state index is 14.2. The zero-order chi connectivity index (χ0) is 27.6. The van der Waals surface area contributed by atoms with Gasteiger partial charge in [0.1, 0.15) is 17.5 Å². The van der Waals surface area contributed by atoms with Gasteiger partial charge in [0, 0.05) is 41.9 Å². The second-order valence-electron chi connectivity index (χ2n) is 9.82. The number of hydrogen-bond donors (Lipinski definition) is 1. The highest BCUT2D eigenvalue weighted by atomic mass is 35.5. The van der Waals surface area contributed by atoms with Crippen molar-refractivity contribution in [2.75, 3.05) is 18.4 Å². The summed E-state index contributed by atoms with van der Waals surface area (Å²) in [6.07, 6.45) is 2.28. The van der Waals surface area contributed by atoms with Gasteiger partial charge in [-0.1, -0.05) is 48.0 Å². The Kier molecular flexibility index (Phi) is 7.70. The van der Waals surface area contributed by atoms with Crippen molar-refractivity contribution in [1.82, 2.24) is 4.98 Å². The van der Waals surface area contributed by atoms with Crippen molar-refractivity contribution in [2.24, 2.45) is 0 Å². The maximum Gasteiger partial charge on any atom is 0.255 e. The summed E-state index contributed by atoms with van der Waals surface area (Å²) >= 11 is 5.87. The zero-order valence-corrected chi connectivity index (χ0v) is 21.6. The lowest BCUT2D eigenvalue weighted by Gasteiger charge is -2.47. The van der Waals surface area contributed by atoms with Gasteiger partial charge in [-0.05, 0) is 52.9 Å². The molecule has 39 heavy (non-hydrogen) atoms. The molecule has 5 nitrogen and oxygen atoms in total. The van der Waals surface area contributed by atoms with E-state index in [-0.39, 0.29) is 47.8 Å². The van der Waals surface area contributed by atoms with Crippen molar-refractivity contribution in [3.05, 3.63) is 123 Å². The first kappa shape index (κ1) is 26.9. The number of likely N-dealkylation sites (tertiary alicyclic amines) is 1. The number of halogens is 4. The van der Waals surface area contributed by atoms with Crippen LogP contribution in [0.4, 0.5) is 18.9 Å². The molecule has 1 aliphatic heterocycles. The fourth-order valence-electron chi connectivity index (χ4n) is 5.03. The Labute approximate surface area is 229 Å². The number of nitrogens with one attached hydrogen (secondary N) is 1. The van der Waals surface area contributed by atoms with Crippen LogP contribution in [0.2, 0.25) is 5.15 Å². The van der Waals surface area contributed by atoms with E-state index >= 15 is 0 Å². The van der Waals surface area contributed by atoms with E-state index in [2.05, 4.69) is 10.3 Å². The number of carbonyl (C=O) groups is 1. The second-order valence-corrected chi connectivity index (χ2v) is 10.2. The molecule has 1 amide bonds. The first-order chi connectivity index (χ1) is 18.7. The van der Waals surface area contributed by atoms with Crippen molar-refractivity contribution in [1.29, 1.82) is 0 Å². The van der Waals surface area contributed by atoms with E-state index in [0.717, 1.165) is 28.8 Å². The Morgan fingerprint density at radius 2 is 1.54 bits per heavy atom. The molecule has 0 spiro atoms. The molecule has 1 aromatic heterocycles. The summed E-state index contributed by atoms with van der Waals surface area (Å²) in [7, 11) is 0. The highest BCUT2D eigenvalue weighted by Crippen LogP contribution is 2.37. The molecule has 1 fully saturated rings. The molecule has 0 radical (unpaired) electrons. The lowest BCUT2D eigenvalue weighted by Crippen LogP contribution is -2.47. The number of pyridine rings is 1. The lowest BCUT2D eigenvalue weighted by atomic mass is 9.87. The highest BCUT2D eigenvalue weighted by Gasteiger charge is 2.30. The molecule has 9 heteroatoms. The molecule has 3 aromatic carbocycles. The number of anilines is 1. The number of hydrogen-bond acceptors (Lipinski definition) is 3. The summed E-state index contributed by atoms with van der Waals surface area (Å²) in [5.41, 5.74) is 3.55. The van der Waals surface area contributed by atoms with Crippen molar-refractivity contribution in [2.45, 2.75) is 25.3 Å². The first-order valence-corrected chi connectivity index (χ1v) is 12.9. The van der Waals surface area contributed by atoms with E-state index in [4.69, 9.17) is 11.6 Å². The third kappa shape index (κ3) is 6.30. The second kappa shape index (κ2) is 11.2. The van der Waals surface area contributed by atoms with Crippen molar-refractivity contribution < 1.29 is 22.6 Å². The fourth-order valence-corrected chi connectivity index (χ4v) is 5.21. The molecule has 4 aromatic rings. The summed E-state index contributed by atoms with van der Waals surface area (Å²) in [4.78, 5) is 16.6. The molecule has 5 rings (SSSR count). The van der Waals surface area contributed by atoms with Crippen LogP contribution in [0.5, 0.6) is 0 Å². The van der Waals surface area contributed by atoms with Crippen LogP contribution in [-0.2, 0) is 6.54 Å². The largest absolute Gasteiger partial charge is 0.633 e. The lowest BCUT2D eigenvalue weighted by molar-refractivity contribution is -0.899. The molecule has 2 heterocycles. The van der Waals surface area contributed by atoms with E-state index in [1.54, 1.807) is 12.1 Å². The van der Waals surface area contributed by atoms with Gasteiger partial charge in [-0.15, -0.1) is 0 Å². The van der Waals surface area contributed by atoms with Crippen LogP contribution in [0.3, 0.4) is 0 Å². The minimum absolute atomic E-state index is 0.134. The van der Waals surface area contributed by atoms with Gasteiger partial charge in [-0.2, -0.15) is 0 Å². The predicted octanol–water partition coefficient (Wildman–Crippen LogP) is 7.46. The first-order valence-electron chi connectivity index (χ1n) is 12.5. The molecule has 200 valence electrons. The normalized spacial score (nSPS) is 19.1. The van der Waals surface area contributed by atoms with Crippen molar-refractivity contribution >= 4 is 23.2 Å². The number of rotatable bonds is 6. The molecule has 0 unspecified atom stereocenters. The van der Waals surface area contributed by atoms with Gasteiger partial charge in [0.2, 0.25) is 0 Å². The van der Waals surface area contributed by atoms with Gasteiger partial charge in [-0.3, -0.25) is 4.79 Å². The molecule has 0 aliphatic carbocycles. The van der Waals surface area contributed by atoms with Gasteiger partial charge < -0.3 is 15.2 Å². The van der Waals surface area contributed by atoms with E-state index in [0.29, 0.717) is 18.4 Å². The SMILES string of the molecule is O=C(Nc1cc(F)c(F)cc1C1CC[N+]([O-])(Cc2ccc(-c3ccc(F)cc3)cc2)CC1)c1ccnc(Cl)c1. The highest BCUT2D eigenvalue weighted by molar-refractivity contribution is 6.29. The molecule has 1 saturated heterocycles. The molecule has 1 N–H and O–H groups in total. The average Bonchev–Trinajstić information content (AvgIpc) is 2.92. The maximum absolute atomic E-state index is 14.2. The molecule has 0 bridgehead atoms. The smallest absolute Gasteiger partial charge is 0.255 e. The minimum atomic E-state index is -1.07. The average molecular weight is 552 g/mol. The summed E-state index contributed by atoms with van der Waals surface area (Å²) in [6, 6.07) is 18.8. The third-order valence-corrected chi connectivity index (χ3v) is 7.35. The number of nitrogens with zero attached hydrogens (tertiary/aromatic N) is 2. The zero-order valence-electron chi connectivity index (χ0n) is 20.8. The molecular formula is C30H25ClF3N3O2. The number of hydroxylamine groups is 3. The van der Waals surface area contributed by atoms with Gasteiger partial charge >= 0.3 is 0 Å². The van der Waals surface area contributed by atoms with Crippen LogP contribution in [0.15, 0.2) is 79.0 Å². The van der Waals surface area contributed by atoms with E-state index in [1.165, 1.54) is 30.5 Å². The van der Waals surface area contributed by atoms with E-state index < -0.39 is 22.2 Å². The minimum Gasteiger partial charge on any atom is -0.633 e. The standard InChI is InChI=1S/C30H25ClF3N3O2/c31-29-15-23(9-12-35-29)30(38)36-28-17-27(34)26(33)16-25(28)22-10-13-37(39,14-11-22)18-19-1-3-20(4-2-19)21-5-7-24(32)8-6-21/h1-9,12,15-17,22H,10-11,13-14,18H2,(H,36,38). The topological polar surface area (TPSA) is 65.0 Å². The number of piperidine rings is 1. The van der Waals surface area contributed by atoms with Crippen LogP contribution >= 0.6 is 11.6 Å². The summed E-state index contributed by atoms with van der Waals surface area (Å²) in [5, 5.41) is 16.3. The summed E-state index contributed by atoms with van der Waals surface area (Å²) in [5.74, 6) is -3.13. The Balaban J connectivity index is 1.27. The Morgan fingerprint density at radius 1 is 0.923 bits per heavy atom. The Bertz CT molecular complexity index is 1490. The number of carbonyl (C=O) groups excluding carboxylic acids is 1. The predicted molar refractivity (Wildman–Crippen MR) is 144 cm³/mol. The molecule has 0 atom stereocenters. The Hall–Kier alpha value is -3.72. The van der Waals surface area contributed by atoms with Crippen molar-refractivity contribution in [3.63, 3.8) is 0 Å². The van der Waals surface area contributed by atoms with E-state index in [9.17, 15) is 23.2 Å². The fraction of sp³-hybridized carbons (Fsp3) is 0.200. The molecule has 0 saturated carbocycles. The van der Waals surface area contributed by atoms with E-state index in [1.807, 2.05) is 24.3 Å². The van der Waals surface area contributed by atoms with Gasteiger partial charge in [0.05, 0.1) is 13.1 Å². The van der Waals surface area contributed by atoms with Gasteiger partial charge in [0.25, 0.3) is 5.91 Å². The number of amides is 1.